The van der Waals surface area contributed by atoms with Crippen molar-refractivity contribution >= 4 is 33.2 Å². The smallest absolute Gasteiger partial charge is 0.246 e. The van der Waals surface area contributed by atoms with E-state index in [0.717, 1.165) is 4.88 Å². The minimum atomic E-state index is -3.48. The number of amides is 1. The van der Waals surface area contributed by atoms with E-state index >= 15 is 0 Å². The van der Waals surface area contributed by atoms with Gasteiger partial charge in [-0.15, -0.1) is 11.3 Å². The summed E-state index contributed by atoms with van der Waals surface area (Å²) in [4.78, 5) is 18.4. The number of nitrogens with zero attached hydrogens (tertiary/aromatic N) is 3. The zero-order chi connectivity index (χ0) is 15.7. The third-order valence-corrected chi connectivity index (χ3v) is 6.48. The van der Waals surface area contributed by atoms with Gasteiger partial charge in [-0.25, -0.2) is 13.4 Å². The zero-order valence-electron chi connectivity index (χ0n) is 11.9. The maximum Gasteiger partial charge on any atom is 0.246 e. The molecule has 1 fully saturated rings. The first-order valence-corrected chi connectivity index (χ1v) is 9.13. The fourth-order valence-electron chi connectivity index (χ4n) is 2.23. The number of imidazole rings is 1. The molecule has 6 nitrogen and oxygen atoms in total. The second-order valence-electron chi connectivity index (χ2n) is 5.08. The van der Waals surface area contributed by atoms with Crippen LogP contribution in [0.15, 0.2) is 41.1 Å². The molecule has 0 saturated carbocycles. The molecule has 0 radical (unpaired) electrons. The molecule has 0 aliphatic carbocycles. The number of aromatic nitrogens is 2. The predicted octanol–water partition coefficient (Wildman–Crippen LogP) is 1.18. The van der Waals surface area contributed by atoms with E-state index in [-0.39, 0.29) is 24.2 Å². The molecule has 0 N–H and O–H groups in total. The van der Waals surface area contributed by atoms with Crippen LogP contribution in [-0.4, -0.2) is 47.1 Å². The maximum absolute atomic E-state index is 12.4. The molecule has 2 aromatic heterocycles. The lowest BCUT2D eigenvalue weighted by molar-refractivity contribution is -0.128. The van der Waals surface area contributed by atoms with E-state index in [9.17, 15) is 13.2 Å². The Morgan fingerprint density at radius 1 is 1.45 bits per heavy atom. The third kappa shape index (κ3) is 2.71. The lowest BCUT2D eigenvalue weighted by Gasteiger charge is -2.37. The van der Waals surface area contributed by atoms with Crippen molar-refractivity contribution in [3.63, 3.8) is 0 Å². The Morgan fingerprint density at radius 2 is 2.23 bits per heavy atom. The molecule has 22 heavy (non-hydrogen) atoms. The van der Waals surface area contributed by atoms with Gasteiger partial charge >= 0.3 is 0 Å². The topological polar surface area (TPSA) is 72.3 Å². The minimum absolute atomic E-state index is 0.0544. The molecule has 116 valence electrons. The lowest BCUT2D eigenvalue weighted by atomic mass is 10.2. The van der Waals surface area contributed by atoms with E-state index in [0.29, 0.717) is 0 Å². The summed E-state index contributed by atoms with van der Waals surface area (Å²) in [6, 6.07) is 3.83. The molecule has 1 aliphatic rings. The van der Waals surface area contributed by atoms with Gasteiger partial charge in [0.25, 0.3) is 0 Å². The van der Waals surface area contributed by atoms with Gasteiger partial charge in [0, 0.05) is 43.5 Å². The number of thiophene rings is 1. The fourth-order valence-corrected chi connectivity index (χ4v) is 4.57. The Bertz CT molecular complexity index is 800. The molecule has 3 rings (SSSR count). The van der Waals surface area contributed by atoms with Crippen molar-refractivity contribution in [3.05, 3.63) is 40.9 Å². The average Bonchev–Trinajstić information content (AvgIpc) is 3.05. The van der Waals surface area contributed by atoms with Crippen molar-refractivity contribution in [1.82, 2.24) is 14.5 Å². The molecule has 3 heterocycles. The second-order valence-corrected chi connectivity index (χ2v) is 8.18. The van der Waals surface area contributed by atoms with E-state index in [1.54, 1.807) is 30.7 Å². The number of hydrogen-bond acceptors (Lipinski definition) is 5. The third-order valence-electron chi connectivity index (χ3n) is 3.56. The fraction of sp³-hybridized carbons (Fsp3) is 0.286. The summed E-state index contributed by atoms with van der Waals surface area (Å²) in [5.74, 6) is -0.167. The van der Waals surface area contributed by atoms with Crippen LogP contribution in [0.25, 0.3) is 6.08 Å². The highest BCUT2D eigenvalue weighted by Gasteiger charge is 2.41. The summed E-state index contributed by atoms with van der Waals surface area (Å²) in [5.41, 5.74) is 0. The van der Waals surface area contributed by atoms with Crippen molar-refractivity contribution in [1.29, 1.82) is 0 Å². The van der Waals surface area contributed by atoms with Crippen LogP contribution in [0.5, 0.6) is 0 Å². The molecular formula is C14H15N3O3S2. The Morgan fingerprint density at radius 3 is 2.82 bits per heavy atom. The van der Waals surface area contributed by atoms with Crippen molar-refractivity contribution in [2.45, 2.75) is 10.4 Å². The first kappa shape index (κ1) is 15.0. The molecule has 0 unspecified atom stereocenters. The van der Waals surface area contributed by atoms with Crippen LogP contribution < -0.4 is 0 Å². The van der Waals surface area contributed by atoms with E-state index in [2.05, 4.69) is 4.98 Å². The summed E-state index contributed by atoms with van der Waals surface area (Å²) in [5, 5.41) is 1.41. The van der Waals surface area contributed by atoms with Crippen LogP contribution in [0.3, 0.4) is 0 Å². The minimum Gasteiger partial charge on any atom is -0.336 e. The molecule has 2 aromatic rings. The Balaban J connectivity index is 1.62. The summed E-state index contributed by atoms with van der Waals surface area (Å²) in [6.45, 7) is 0.422. The molecular weight excluding hydrogens is 322 g/mol. The van der Waals surface area contributed by atoms with E-state index in [1.807, 2.05) is 17.5 Å². The number of hydrogen-bond donors (Lipinski definition) is 0. The van der Waals surface area contributed by atoms with Crippen molar-refractivity contribution in [3.8, 4) is 0 Å². The highest BCUT2D eigenvalue weighted by molar-refractivity contribution is 7.92. The van der Waals surface area contributed by atoms with E-state index in [1.165, 1.54) is 21.7 Å². The van der Waals surface area contributed by atoms with Crippen LogP contribution in [-0.2, 0) is 21.7 Å². The summed E-state index contributed by atoms with van der Waals surface area (Å²) < 4.78 is 26.2. The van der Waals surface area contributed by atoms with Crippen molar-refractivity contribution < 1.29 is 13.2 Å². The highest BCUT2D eigenvalue weighted by Crippen LogP contribution is 2.23. The monoisotopic (exact) mass is 337 g/mol. The summed E-state index contributed by atoms with van der Waals surface area (Å²) in [7, 11) is -1.83. The standard InChI is InChI=1S/C14H15N3O3S2/c1-16-7-6-15-14(16)22(19,20)12-9-17(10-12)13(18)5-4-11-3-2-8-21-11/h2-8,12H,9-10H2,1H3/b5-4+. The van der Waals surface area contributed by atoms with Crippen LogP contribution in [0, 0.1) is 0 Å². The summed E-state index contributed by atoms with van der Waals surface area (Å²) in [6.07, 6.45) is 6.28. The normalized spacial score (nSPS) is 16.1. The molecule has 1 saturated heterocycles. The van der Waals surface area contributed by atoms with Crippen LogP contribution in [0.4, 0.5) is 0 Å². The molecule has 8 heteroatoms. The largest absolute Gasteiger partial charge is 0.336 e. The van der Waals surface area contributed by atoms with Crippen LogP contribution in [0.1, 0.15) is 4.88 Å². The molecule has 0 atom stereocenters. The van der Waals surface area contributed by atoms with E-state index in [4.69, 9.17) is 0 Å². The lowest BCUT2D eigenvalue weighted by Crippen LogP contribution is -2.56. The van der Waals surface area contributed by atoms with Gasteiger partial charge in [-0.1, -0.05) is 6.07 Å². The number of aryl methyl sites for hydroxylation is 1. The van der Waals surface area contributed by atoms with Crippen LogP contribution in [0.2, 0.25) is 0 Å². The average molecular weight is 337 g/mol. The first-order chi connectivity index (χ1) is 10.5. The molecule has 0 spiro atoms. The Kier molecular flexibility index (Phi) is 3.88. The van der Waals surface area contributed by atoms with Gasteiger partial charge in [0.1, 0.15) is 5.25 Å². The Hall–Kier alpha value is -1.93. The second kappa shape index (κ2) is 5.69. The number of likely N-dealkylation sites (tertiary alicyclic amines) is 1. The van der Waals surface area contributed by atoms with Gasteiger partial charge in [0.2, 0.25) is 20.9 Å². The number of rotatable bonds is 4. The van der Waals surface area contributed by atoms with Gasteiger partial charge in [-0.3, -0.25) is 4.79 Å². The number of sulfone groups is 1. The molecule has 0 aromatic carbocycles. The van der Waals surface area contributed by atoms with Crippen molar-refractivity contribution in [2.75, 3.05) is 13.1 Å². The predicted molar refractivity (Wildman–Crippen MR) is 84.1 cm³/mol. The zero-order valence-corrected chi connectivity index (χ0v) is 13.5. The van der Waals surface area contributed by atoms with Crippen LogP contribution >= 0.6 is 11.3 Å². The van der Waals surface area contributed by atoms with Gasteiger partial charge in [0.15, 0.2) is 0 Å². The SMILES string of the molecule is Cn1ccnc1S(=O)(=O)C1CN(C(=O)/C=C/c2cccs2)C1. The quantitative estimate of drug-likeness (QED) is 0.786. The first-order valence-electron chi connectivity index (χ1n) is 6.70. The summed E-state index contributed by atoms with van der Waals surface area (Å²) >= 11 is 1.54. The van der Waals surface area contributed by atoms with Gasteiger partial charge < -0.3 is 9.47 Å². The number of carbonyl (C=O) groups is 1. The highest BCUT2D eigenvalue weighted by atomic mass is 32.2. The van der Waals surface area contributed by atoms with Gasteiger partial charge in [0.05, 0.1) is 0 Å². The van der Waals surface area contributed by atoms with E-state index < -0.39 is 15.1 Å². The Labute approximate surface area is 132 Å². The molecule has 1 aliphatic heterocycles. The number of carbonyl (C=O) groups excluding carboxylic acids is 1. The van der Waals surface area contributed by atoms with Gasteiger partial charge in [-0.05, 0) is 17.5 Å². The molecule has 0 bridgehead atoms. The van der Waals surface area contributed by atoms with Gasteiger partial charge in [-0.2, -0.15) is 0 Å². The molecule has 1 amide bonds. The van der Waals surface area contributed by atoms with Crippen molar-refractivity contribution in [2.24, 2.45) is 7.05 Å². The maximum atomic E-state index is 12.4.